The van der Waals surface area contributed by atoms with E-state index in [2.05, 4.69) is 0 Å². The summed E-state index contributed by atoms with van der Waals surface area (Å²) in [6, 6.07) is 6.32. The number of benzene rings is 1. The van der Waals surface area contributed by atoms with Crippen molar-refractivity contribution in [1.82, 2.24) is 14.1 Å². The number of carbonyl (C=O) groups is 1. The molecule has 0 N–H and O–H groups in total. The van der Waals surface area contributed by atoms with Crippen LogP contribution >= 0.6 is 11.6 Å². The van der Waals surface area contributed by atoms with Crippen LogP contribution in [0.3, 0.4) is 0 Å². The van der Waals surface area contributed by atoms with Gasteiger partial charge in [0.05, 0.1) is 4.90 Å². The Labute approximate surface area is 148 Å². The quantitative estimate of drug-likeness (QED) is 0.801. The molecule has 1 aromatic rings. The molecule has 1 aromatic carbocycles. The van der Waals surface area contributed by atoms with Gasteiger partial charge in [0, 0.05) is 44.3 Å². The summed E-state index contributed by atoms with van der Waals surface area (Å²) in [5.74, 6) is 0. The molecule has 2 heterocycles. The Morgan fingerprint density at radius 1 is 0.917 bits per heavy atom. The molecule has 0 atom stereocenters. The van der Waals surface area contributed by atoms with E-state index in [0.717, 1.165) is 25.9 Å². The molecule has 0 aliphatic carbocycles. The third kappa shape index (κ3) is 3.68. The molecule has 0 bridgehead atoms. The van der Waals surface area contributed by atoms with E-state index < -0.39 is 10.0 Å². The van der Waals surface area contributed by atoms with Gasteiger partial charge < -0.3 is 9.80 Å². The fraction of sp³-hybridized carbons (Fsp3) is 0.562. The maximum Gasteiger partial charge on any atom is 0.320 e. The minimum absolute atomic E-state index is 0.0366. The molecule has 132 valence electrons. The molecule has 2 aliphatic rings. The van der Waals surface area contributed by atoms with Gasteiger partial charge in [-0.3, -0.25) is 0 Å². The summed E-state index contributed by atoms with van der Waals surface area (Å²) in [5, 5.41) is 0.398. The summed E-state index contributed by atoms with van der Waals surface area (Å²) in [5.41, 5.74) is 0. The molecule has 0 radical (unpaired) electrons. The highest BCUT2D eigenvalue weighted by molar-refractivity contribution is 7.89. The molecule has 0 saturated carbocycles. The van der Waals surface area contributed by atoms with E-state index in [4.69, 9.17) is 11.6 Å². The molecule has 3 rings (SSSR count). The normalized spacial score (nSPS) is 20.2. The van der Waals surface area contributed by atoms with Gasteiger partial charge in [0.25, 0.3) is 0 Å². The number of urea groups is 1. The summed E-state index contributed by atoms with van der Waals surface area (Å²) >= 11 is 5.90. The number of halogens is 1. The summed E-state index contributed by atoms with van der Waals surface area (Å²) in [7, 11) is -3.56. The summed E-state index contributed by atoms with van der Waals surface area (Å²) < 4.78 is 26.8. The number of piperidine rings is 1. The maximum absolute atomic E-state index is 12.7. The molecular weight excluding hydrogens is 350 g/mol. The molecular formula is C16H22ClN3O3S. The Morgan fingerprint density at radius 2 is 1.54 bits per heavy atom. The van der Waals surface area contributed by atoms with Crippen LogP contribution in [-0.2, 0) is 10.0 Å². The number of hydrogen-bond donors (Lipinski definition) is 0. The second-order valence-electron chi connectivity index (χ2n) is 6.18. The van der Waals surface area contributed by atoms with Crippen molar-refractivity contribution in [3.63, 3.8) is 0 Å². The summed E-state index contributed by atoms with van der Waals surface area (Å²) in [6.45, 7) is 3.09. The molecule has 24 heavy (non-hydrogen) atoms. The highest BCUT2D eigenvalue weighted by atomic mass is 35.5. The van der Waals surface area contributed by atoms with E-state index in [1.807, 2.05) is 4.90 Å². The van der Waals surface area contributed by atoms with E-state index in [1.165, 1.54) is 16.8 Å². The van der Waals surface area contributed by atoms with Crippen molar-refractivity contribution in [2.45, 2.75) is 24.2 Å². The molecule has 6 nitrogen and oxygen atoms in total. The molecule has 2 aliphatic heterocycles. The van der Waals surface area contributed by atoms with Crippen LogP contribution in [0.25, 0.3) is 0 Å². The second-order valence-corrected chi connectivity index (χ2v) is 8.55. The van der Waals surface area contributed by atoms with E-state index in [-0.39, 0.29) is 10.9 Å². The van der Waals surface area contributed by atoms with Gasteiger partial charge in [0.1, 0.15) is 0 Å². The SMILES string of the molecule is O=C(N1CCCCC1)N1CCN(S(=O)(=O)c2cccc(Cl)c2)CC1. The van der Waals surface area contributed by atoms with Gasteiger partial charge >= 0.3 is 6.03 Å². The number of piperazine rings is 1. The molecule has 0 unspecified atom stereocenters. The molecule has 2 fully saturated rings. The first kappa shape index (κ1) is 17.5. The van der Waals surface area contributed by atoms with Gasteiger partial charge in [-0.15, -0.1) is 0 Å². The van der Waals surface area contributed by atoms with Gasteiger partial charge in [0.15, 0.2) is 0 Å². The van der Waals surface area contributed by atoms with Gasteiger partial charge in [-0.05, 0) is 37.5 Å². The zero-order valence-corrected chi connectivity index (χ0v) is 15.1. The Kier molecular flexibility index (Phi) is 5.32. The lowest BCUT2D eigenvalue weighted by Gasteiger charge is -2.38. The van der Waals surface area contributed by atoms with Crippen molar-refractivity contribution >= 4 is 27.7 Å². The first-order valence-corrected chi connectivity index (χ1v) is 10.1. The highest BCUT2D eigenvalue weighted by Crippen LogP contribution is 2.21. The summed E-state index contributed by atoms with van der Waals surface area (Å²) in [4.78, 5) is 16.3. The molecule has 2 saturated heterocycles. The third-order valence-corrected chi connectivity index (χ3v) is 6.70. The van der Waals surface area contributed by atoms with Crippen LogP contribution in [0.1, 0.15) is 19.3 Å². The lowest BCUT2D eigenvalue weighted by atomic mass is 10.1. The zero-order valence-electron chi connectivity index (χ0n) is 13.5. The van der Waals surface area contributed by atoms with Crippen LogP contribution in [0, 0.1) is 0 Å². The Hall–Kier alpha value is -1.31. The van der Waals surface area contributed by atoms with Crippen molar-refractivity contribution < 1.29 is 13.2 Å². The van der Waals surface area contributed by atoms with Crippen LogP contribution in [0.2, 0.25) is 5.02 Å². The highest BCUT2D eigenvalue weighted by Gasteiger charge is 2.32. The summed E-state index contributed by atoms with van der Waals surface area (Å²) in [6.07, 6.45) is 3.28. The number of nitrogens with zero attached hydrogens (tertiary/aromatic N) is 3. The minimum atomic E-state index is -3.56. The lowest BCUT2D eigenvalue weighted by Crippen LogP contribution is -2.54. The van der Waals surface area contributed by atoms with Gasteiger partial charge in [-0.1, -0.05) is 17.7 Å². The van der Waals surface area contributed by atoms with Crippen LogP contribution in [0.5, 0.6) is 0 Å². The van der Waals surface area contributed by atoms with Crippen LogP contribution < -0.4 is 0 Å². The van der Waals surface area contributed by atoms with Crippen LogP contribution in [0.4, 0.5) is 4.79 Å². The number of rotatable bonds is 2. The third-order valence-electron chi connectivity index (χ3n) is 4.57. The number of hydrogen-bond acceptors (Lipinski definition) is 3. The van der Waals surface area contributed by atoms with E-state index in [9.17, 15) is 13.2 Å². The average Bonchev–Trinajstić information content (AvgIpc) is 2.62. The second kappa shape index (κ2) is 7.29. The number of sulfonamides is 1. The molecule has 0 aromatic heterocycles. The van der Waals surface area contributed by atoms with Crippen LogP contribution in [-0.4, -0.2) is 67.8 Å². The number of amides is 2. The Balaban J connectivity index is 1.63. The van der Waals surface area contributed by atoms with Gasteiger partial charge in [-0.25, -0.2) is 13.2 Å². The lowest BCUT2D eigenvalue weighted by molar-refractivity contribution is 0.126. The van der Waals surface area contributed by atoms with Crippen molar-refractivity contribution in [2.24, 2.45) is 0 Å². The number of carbonyl (C=O) groups excluding carboxylic acids is 1. The molecule has 2 amide bonds. The monoisotopic (exact) mass is 371 g/mol. The van der Waals surface area contributed by atoms with Crippen molar-refractivity contribution in [1.29, 1.82) is 0 Å². The van der Waals surface area contributed by atoms with Crippen molar-refractivity contribution in [2.75, 3.05) is 39.3 Å². The fourth-order valence-electron chi connectivity index (χ4n) is 3.18. The largest absolute Gasteiger partial charge is 0.325 e. The predicted molar refractivity (Wildman–Crippen MR) is 92.6 cm³/mol. The minimum Gasteiger partial charge on any atom is -0.325 e. The standard InChI is InChI=1S/C16H22ClN3O3S/c17-14-5-4-6-15(13-14)24(22,23)20-11-9-19(10-12-20)16(21)18-7-2-1-3-8-18/h4-6,13H,1-3,7-12H2. The van der Waals surface area contributed by atoms with Crippen LogP contribution in [0.15, 0.2) is 29.2 Å². The molecule has 0 spiro atoms. The predicted octanol–water partition coefficient (Wildman–Crippen LogP) is 2.25. The zero-order chi connectivity index (χ0) is 17.2. The first-order valence-electron chi connectivity index (χ1n) is 8.28. The Bertz CT molecular complexity index is 696. The number of likely N-dealkylation sites (tertiary alicyclic amines) is 1. The fourth-order valence-corrected chi connectivity index (χ4v) is 4.91. The van der Waals surface area contributed by atoms with Crippen molar-refractivity contribution in [3.8, 4) is 0 Å². The maximum atomic E-state index is 12.7. The first-order chi connectivity index (χ1) is 11.5. The molecule has 8 heteroatoms. The topological polar surface area (TPSA) is 60.9 Å². The average molecular weight is 372 g/mol. The van der Waals surface area contributed by atoms with Crippen molar-refractivity contribution in [3.05, 3.63) is 29.3 Å². The smallest absolute Gasteiger partial charge is 0.320 e. The van der Waals surface area contributed by atoms with E-state index in [1.54, 1.807) is 23.1 Å². The van der Waals surface area contributed by atoms with E-state index >= 15 is 0 Å². The van der Waals surface area contributed by atoms with Gasteiger partial charge in [-0.2, -0.15) is 4.31 Å². The van der Waals surface area contributed by atoms with Gasteiger partial charge in [0.2, 0.25) is 10.0 Å². The Morgan fingerprint density at radius 3 is 2.17 bits per heavy atom. The van der Waals surface area contributed by atoms with E-state index in [0.29, 0.717) is 31.2 Å².